The van der Waals surface area contributed by atoms with Gasteiger partial charge in [0.05, 0.1) is 25.3 Å². The Balaban J connectivity index is 1.67. The monoisotopic (exact) mass is 498 g/mol. The molecule has 2 heterocycles. The third kappa shape index (κ3) is 7.81. The molecule has 1 aliphatic rings. The number of amides is 1. The lowest BCUT2D eigenvalue weighted by atomic mass is 10.00. The number of aliphatic hydroxyl groups is 1. The maximum atomic E-state index is 13.5. The van der Waals surface area contributed by atoms with Crippen molar-refractivity contribution in [2.24, 2.45) is 0 Å². The molecule has 1 amide bonds. The number of carbonyl (C=O) groups excluding carboxylic acids is 1. The van der Waals surface area contributed by atoms with Gasteiger partial charge in [-0.3, -0.25) is 9.69 Å². The zero-order chi connectivity index (χ0) is 25.2. The highest BCUT2D eigenvalue weighted by molar-refractivity contribution is 7.10. The maximum Gasteiger partial charge on any atom is 0.237 e. The molecule has 1 N–H and O–H groups in total. The molecule has 0 bridgehead atoms. The summed E-state index contributed by atoms with van der Waals surface area (Å²) in [7, 11) is 0. The minimum absolute atomic E-state index is 0.0517. The lowest BCUT2D eigenvalue weighted by Gasteiger charge is -2.37. The van der Waals surface area contributed by atoms with Crippen LogP contribution in [-0.2, 0) is 16.0 Å². The third-order valence-electron chi connectivity index (χ3n) is 6.23. The van der Waals surface area contributed by atoms with Crippen molar-refractivity contribution in [2.75, 3.05) is 46.0 Å². The first kappa shape index (κ1) is 27.2. The van der Waals surface area contributed by atoms with Crippen LogP contribution < -0.4 is 4.74 Å². The van der Waals surface area contributed by atoms with Gasteiger partial charge in [-0.25, -0.2) is 0 Å². The summed E-state index contributed by atoms with van der Waals surface area (Å²) in [6, 6.07) is 10.2. The highest BCUT2D eigenvalue weighted by Crippen LogP contribution is 2.34. The van der Waals surface area contributed by atoms with Crippen molar-refractivity contribution in [1.82, 2.24) is 9.80 Å². The van der Waals surface area contributed by atoms with Gasteiger partial charge >= 0.3 is 0 Å². The Kier molecular flexibility index (Phi) is 10.6. The summed E-state index contributed by atoms with van der Waals surface area (Å²) in [4.78, 5) is 18.8. The first-order valence-corrected chi connectivity index (χ1v) is 13.3. The summed E-state index contributed by atoms with van der Waals surface area (Å²) >= 11 is 1.74. The van der Waals surface area contributed by atoms with E-state index in [1.165, 1.54) is 16.0 Å². The van der Waals surface area contributed by atoms with Gasteiger partial charge in [0.25, 0.3) is 0 Å². The fourth-order valence-electron chi connectivity index (χ4n) is 4.44. The molecule has 35 heavy (non-hydrogen) atoms. The van der Waals surface area contributed by atoms with Crippen LogP contribution in [0.4, 0.5) is 0 Å². The summed E-state index contributed by atoms with van der Waals surface area (Å²) in [5, 5.41) is 12.4. The summed E-state index contributed by atoms with van der Waals surface area (Å²) in [5.41, 5.74) is 2.45. The van der Waals surface area contributed by atoms with Gasteiger partial charge < -0.3 is 19.5 Å². The molecule has 0 spiro atoms. The van der Waals surface area contributed by atoms with Crippen LogP contribution in [-0.4, -0.2) is 72.9 Å². The molecule has 190 valence electrons. The first-order valence-electron chi connectivity index (χ1n) is 12.4. The molecule has 2 aromatic rings. The van der Waals surface area contributed by atoms with Gasteiger partial charge in [-0.15, -0.1) is 17.8 Å². The van der Waals surface area contributed by atoms with Gasteiger partial charge in [0, 0.05) is 18.0 Å². The van der Waals surface area contributed by atoms with E-state index in [2.05, 4.69) is 50.3 Å². The number of hydrogen-bond acceptors (Lipinski definition) is 6. The second-order valence-corrected chi connectivity index (χ2v) is 10.3. The number of carbonyl (C=O) groups is 1. The number of fused-ring (bicyclic) bond motifs is 1. The first-order chi connectivity index (χ1) is 16.9. The molecule has 0 fully saturated rings. The number of terminal acetylenes is 1. The highest BCUT2D eigenvalue weighted by Gasteiger charge is 2.33. The average Bonchev–Trinajstić information content (AvgIpc) is 3.32. The lowest BCUT2D eigenvalue weighted by molar-refractivity contribution is -0.136. The van der Waals surface area contributed by atoms with E-state index in [-0.39, 0.29) is 31.7 Å². The predicted octanol–water partition coefficient (Wildman–Crippen LogP) is 4.10. The van der Waals surface area contributed by atoms with Crippen molar-refractivity contribution < 1.29 is 19.4 Å². The van der Waals surface area contributed by atoms with Crippen LogP contribution >= 0.6 is 11.3 Å². The van der Waals surface area contributed by atoms with Gasteiger partial charge in [0.15, 0.2) is 0 Å². The SMILES string of the molecule is C#CCOC[C@@H](O)CN(CCC)CC(=O)N1CCc2sccc2[C@H]1COc1ccc(C(C)C)cc1. The molecule has 1 aromatic heterocycles. The van der Waals surface area contributed by atoms with E-state index in [4.69, 9.17) is 15.9 Å². The Hall–Kier alpha value is -2.37. The van der Waals surface area contributed by atoms with Crippen molar-refractivity contribution in [3.8, 4) is 18.1 Å². The number of nitrogens with zero attached hydrogens (tertiary/aromatic N) is 2. The van der Waals surface area contributed by atoms with Gasteiger partial charge in [-0.1, -0.05) is 38.8 Å². The van der Waals surface area contributed by atoms with Gasteiger partial charge in [0.2, 0.25) is 5.91 Å². The fourth-order valence-corrected chi connectivity index (χ4v) is 5.36. The molecule has 0 saturated carbocycles. The lowest BCUT2D eigenvalue weighted by Crippen LogP contribution is -2.48. The largest absolute Gasteiger partial charge is 0.491 e. The number of aliphatic hydroxyl groups excluding tert-OH is 1. The molecular weight excluding hydrogens is 460 g/mol. The van der Waals surface area contributed by atoms with Crippen molar-refractivity contribution >= 4 is 17.2 Å². The minimum atomic E-state index is -0.694. The molecule has 6 nitrogen and oxygen atoms in total. The third-order valence-corrected chi connectivity index (χ3v) is 7.23. The number of ether oxygens (including phenoxy) is 2. The second-order valence-electron chi connectivity index (χ2n) is 9.29. The van der Waals surface area contributed by atoms with Gasteiger partial charge in [0.1, 0.15) is 19.0 Å². The molecule has 1 aliphatic heterocycles. The summed E-state index contributed by atoms with van der Waals surface area (Å²) in [6.45, 7) is 9.15. The van der Waals surface area contributed by atoms with Crippen molar-refractivity contribution in [3.05, 3.63) is 51.7 Å². The highest BCUT2D eigenvalue weighted by atomic mass is 32.1. The Morgan fingerprint density at radius 1 is 1.31 bits per heavy atom. The molecule has 3 rings (SSSR count). The van der Waals surface area contributed by atoms with E-state index >= 15 is 0 Å². The van der Waals surface area contributed by atoms with E-state index in [1.807, 2.05) is 21.9 Å². The standard InChI is InChI=1S/C28H38N2O4S/c1-5-13-29(17-23(31)19-33-15-6-2)18-28(32)30-14-11-27-25(12-16-35-27)26(30)20-34-24-9-7-22(8-10-24)21(3)4/h2,7-10,12,16,21,23,26,31H,5,11,13-15,17-20H2,1,3-4H3/t23-,26+/m0/s1. The summed E-state index contributed by atoms with van der Waals surface area (Å²) < 4.78 is 11.4. The van der Waals surface area contributed by atoms with E-state index in [1.54, 1.807) is 11.3 Å². The number of hydrogen-bond donors (Lipinski definition) is 1. The average molecular weight is 499 g/mol. The molecule has 0 unspecified atom stereocenters. The van der Waals surface area contributed by atoms with Crippen LogP contribution in [0.3, 0.4) is 0 Å². The molecular formula is C28H38N2O4S. The van der Waals surface area contributed by atoms with Crippen molar-refractivity contribution in [1.29, 1.82) is 0 Å². The van der Waals surface area contributed by atoms with Crippen LogP contribution in [0.1, 0.15) is 55.2 Å². The van der Waals surface area contributed by atoms with Gasteiger partial charge in [-0.05, 0) is 60.0 Å². The molecule has 0 aliphatic carbocycles. The Morgan fingerprint density at radius 2 is 2.09 bits per heavy atom. The smallest absolute Gasteiger partial charge is 0.237 e. The maximum absolute atomic E-state index is 13.5. The van der Waals surface area contributed by atoms with E-state index in [0.29, 0.717) is 25.6 Å². The van der Waals surface area contributed by atoms with E-state index in [0.717, 1.165) is 25.1 Å². The Labute approximate surface area is 213 Å². The molecule has 0 radical (unpaired) electrons. The minimum Gasteiger partial charge on any atom is -0.491 e. The van der Waals surface area contributed by atoms with Crippen LogP contribution in [0.15, 0.2) is 35.7 Å². The topological polar surface area (TPSA) is 62.2 Å². The zero-order valence-corrected chi connectivity index (χ0v) is 21.9. The van der Waals surface area contributed by atoms with Crippen LogP contribution in [0.25, 0.3) is 0 Å². The number of benzene rings is 1. The Bertz CT molecular complexity index is 966. The molecule has 7 heteroatoms. The quantitative estimate of drug-likeness (QED) is 0.333. The van der Waals surface area contributed by atoms with Crippen LogP contribution in [0, 0.1) is 12.3 Å². The van der Waals surface area contributed by atoms with Gasteiger partial charge in [-0.2, -0.15) is 0 Å². The molecule has 1 aromatic carbocycles. The van der Waals surface area contributed by atoms with Crippen LogP contribution in [0.2, 0.25) is 0 Å². The zero-order valence-electron chi connectivity index (χ0n) is 21.1. The Morgan fingerprint density at radius 3 is 2.77 bits per heavy atom. The predicted molar refractivity (Wildman–Crippen MR) is 141 cm³/mol. The van der Waals surface area contributed by atoms with Crippen LogP contribution in [0.5, 0.6) is 5.75 Å². The molecule has 2 atom stereocenters. The fraction of sp³-hybridized carbons (Fsp3) is 0.536. The summed E-state index contributed by atoms with van der Waals surface area (Å²) in [5.74, 6) is 3.73. The molecule has 0 saturated heterocycles. The van der Waals surface area contributed by atoms with Crippen molar-refractivity contribution in [3.63, 3.8) is 0 Å². The number of rotatable bonds is 13. The van der Waals surface area contributed by atoms with E-state index < -0.39 is 6.10 Å². The van der Waals surface area contributed by atoms with Crippen molar-refractivity contribution in [2.45, 2.75) is 51.7 Å². The second kappa shape index (κ2) is 13.6. The number of thiophene rings is 1. The summed E-state index contributed by atoms with van der Waals surface area (Å²) in [6.07, 6.45) is 6.25. The van der Waals surface area contributed by atoms with E-state index in [9.17, 15) is 9.90 Å². The normalized spacial score (nSPS) is 16.3.